The lowest BCUT2D eigenvalue weighted by Gasteiger charge is -2.31. The summed E-state index contributed by atoms with van der Waals surface area (Å²) in [7, 11) is 1.54. The third kappa shape index (κ3) is 5.77. The summed E-state index contributed by atoms with van der Waals surface area (Å²) in [6, 6.07) is 6.12. The zero-order chi connectivity index (χ0) is 20.0. The van der Waals surface area contributed by atoms with Crippen molar-refractivity contribution in [2.45, 2.75) is 25.7 Å². The lowest BCUT2D eigenvalue weighted by Crippen LogP contribution is -2.45. The number of rotatable bonds is 7. The average molecular weight is 377 g/mol. The monoisotopic (exact) mass is 377 g/mol. The highest BCUT2D eigenvalue weighted by Gasteiger charge is 2.27. The number of carboxylic acid groups (broad SMARTS) is 1. The van der Waals surface area contributed by atoms with Crippen molar-refractivity contribution in [1.29, 1.82) is 0 Å². The molecule has 9 nitrogen and oxygen atoms in total. The highest BCUT2D eigenvalue weighted by Crippen LogP contribution is 2.18. The van der Waals surface area contributed by atoms with E-state index in [0.29, 0.717) is 37.9 Å². The Balaban J connectivity index is 1.80. The van der Waals surface area contributed by atoms with Gasteiger partial charge in [-0.15, -0.1) is 0 Å². The van der Waals surface area contributed by atoms with Crippen LogP contribution >= 0.6 is 0 Å². The fourth-order valence-electron chi connectivity index (χ4n) is 3.03. The number of carboxylic acids is 1. The van der Waals surface area contributed by atoms with Crippen molar-refractivity contribution in [3.8, 4) is 0 Å². The molecule has 1 aliphatic rings. The largest absolute Gasteiger partial charge is 0.481 e. The van der Waals surface area contributed by atoms with Gasteiger partial charge in [-0.3, -0.25) is 24.5 Å². The van der Waals surface area contributed by atoms with Crippen LogP contribution in [0.4, 0.5) is 5.69 Å². The summed E-state index contributed by atoms with van der Waals surface area (Å²) in [5, 5.41) is 19.8. The van der Waals surface area contributed by atoms with E-state index < -0.39 is 16.8 Å². The quantitative estimate of drug-likeness (QED) is 0.565. The zero-order valence-electron chi connectivity index (χ0n) is 15.2. The molecule has 0 unspecified atom stereocenters. The summed E-state index contributed by atoms with van der Waals surface area (Å²) in [5.74, 6) is -1.68. The maximum Gasteiger partial charge on any atom is 0.306 e. The number of nitrogens with zero attached hydrogens (tertiary/aromatic N) is 3. The van der Waals surface area contributed by atoms with Crippen molar-refractivity contribution in [1.82, 2.24) is 9.80 Å². The highest BCUT2D eigenvalue weighted by molar-refractivity contribution is 5.85. The second-order valence-corrected chi connectivity index (χ2v) is 6.67. The van der Waals surface area contributed by atoms with Gasteiger partial charge >= 0.3 is 5.97 Å². The van der Waals surface area contributed by atoms with E-state index in [2.05, 4.69) is 0 Å². The molecule has 1 aromatic rings. The van der Waals surface area contributed by atoms with Crippen LogP contribution < -0.4 is 0 Å². The summed E-state index contributed by atoms with van der Waals surface area (Å²) < 4.78 is 0. The third-order valence-corrected chi connectivity index (χ3v) is 4.74. The molecule has 1 heterocycles. The molecule has 1 N–H and O–H groups in total. The van der Waals surface area contributed by atoms with Crippen LogP contribution in [0.1, 0.15) is 24.8 Å². The molecule has 0 spiro atoms. The first-order valence-electron chi connectivity index (χ1n) is 8.76. The Hall–Kier alpha value is -2.97. The van der Waals surface area contributed by atoms with Gasteiger partial charge in [-0.05, 0) is 24.8 Å². The number of hydrogen-bond acceptors (Lipinski definition) is 5. The summed E-state index contributed by atoms with van der Waals surface area (Å²) in [5.41, 5.74) is 0.668. The number of amides is 2. The van der Waals surface area contributed by atoms with E-state index in [1.54, 1.807) is 17.0 Å². The van der Waals surface area contributed by atoms with Crippen LogP contribution in [-0.2, 0) is 20.8 Å². The molecule has 0 atom stereocenters. The second-order valence-electron chi connectivity index (χ2n) is 6.67. The van der Waals surface area contributed by atoms with Crippen LogP contribution in [0.15, 0.2) is 24.3 Å². The molecule has 1 fully saturated rings. The maximum atomic E-state index is 12.3. The van der Waals surface area contributed by atoms with Crippen LogP contribution in [0.2, 0.25) is 0 Å². The number of non-ortho nitro benzene ring substituents is 1. The molecule has 1 saturated heterocycles. The Bertz CT molecular complexity index is 728. The van der Waals surface area contributed by atoms with E-state index in [1.165, 1.54) is 24.1 Å². The number of likely N-dealkylation sites (N-methyl/N-ethyl adjacent to an activating group) is 1. The standard InChI is InChI=1S/C18H23N3O6/c1-19(12-17(23)20-9-7-14(8-10-20)18(24)25)16(22)6-5-13-3-2-4-15(11-13)21(26)27/h2-4,11,14H,5-10,12H2,1H3,(H,24,25). The predicted molar refractivity (Wildman–Crippen MR) is 96.0 cm³/mol. The van der Waals surface area contributed by atoms with E-state index in [0.717, 1.165) is 0 Å². The van der Waals surface area contributed by atoms with E-state index in [9.17, 15) is 24.5 Å². The van der Waals surface area contributed by atoms with Crippen LogP contribution in [0.5, 0.6) is 0 Å². The molecule has 2 rings (SSSR count). The number of benzene rings is 1. The van der Waals surface area contributed by atoms with Crippen molar-refractivity contribution in [3.05, 3.63) is 39.9 Å². The molecule has 9 heteroatoms. The fourth-order valence-corrected chi connectivity index (χ4v) is 3.03. The fraction of sp³-hybridized carbons (Fsp3) is 0.500. The lowest BCUT2D eigenvalue weighted by molar-refractivity contribution is -0.384. The molecule has 2 amide bonds. The molecule has 146 valence electrons. The molecule has 0 aromatic heterocycles. The van der Waals surface area contributed by atoms with Crippen molar-refractivity contribution in [2.75, 3.05) is 26.7 Å². The minimum absolute atomic E-state index is 0.0201. The molecule has 0 radical (unpaired) electrons. The number of hydrogen-bond donors (Lipinski definition) is 1. The SMILES string of the molecule is CN(CC(=O)N1CCC(C(=O)O)CC1)C(=O)CCc1cccc([N+](=O)[O-])c1. The normalized spacial score (nSPS) is 14.6. The van der Waals surface area contributed by atoms with E-state index in [4.69, 9.17) is 5.11 Å². The molecule has 0 saturated carbocycles. The summed E-state index contributed by atoms with van der Waals surface area (Å²) in [6.07, 6.45) is 1.34. The number of carbonyl (C=O) groups is 3. The van der Waals surface area contributed by atoms with E-state index in [1.807, 2.05) is 0 Å². The van der Waals surface area contributed by atoms with Gasteiger partial charge in [-0.1, -0.05) is 12.1 Å². The number of nitro benzene ring substituents is 1. The zero-order valence-corrected chi connectivity index (χ0v) is 15.2. The van der Waals surface area contributed by atoms with Gasteiger partial charge in [0.05, 0.1) is 17.4 Å². The van der Waals surface area contributed by atoms with Crippen LogP contribution in [0, 0.1) is 16.0 Å². The molecular weight excluding hydrogens is 354 g/mol. The van der Waals surface area contributed by atoms with E-state index >= 15 is 0 Å². The first-order chi connectivity index (χ1) is 12.8. The van der Waals surface area contributed by atoms with Crippen molar-refractivity contribution >= 4 is 23.5 Å². The number of nitro groups is 1. The van der Waals surface area contributed by atoms with Gasteiger partial charge in [0.15, 0.2) is 0 Å². The van der Waals surface area contributed by atoms with Crippen LogP contribution in [0.25, 0.3) is 0 Å². The minimum atomic E-state index is -0.837. The Morgan fingerprint density at radius 2 is 1.96 bits per heavy atom. The van der Waals surface area contributed by atoms with Crippen LogP contribution in [-0.4, -0.2) is 64.3 Å². The number of likely N-dealkylation sites (tertiary alicyclic amines) is 1. The Labute approximate surface area is 156 Å². The van der Waals surface area contributed by atoms with Gasteiger partial charge in [0, 0.05) is 38.7 Å². The molecular formula is C18H23N3O6. The molecule has 0 aliphatic carbocycles. The number of aryl methyl sites for hydroxylation is 1. The second kappa shape index (κ2) is 9.11. The first-order valence-corrected chi connectivity index (χ1v) is 8.76. The van der Waals surface area contributed by atoms with Gasteiger partial charge in [0.25, 0.3) is 5.69 Å². The number of piperidine rings is 1. The van der Waals surface area contributed by atoms with E-state index in [-0.39, 0.29) is 30.5 Å². The summed E-state index contributed by atoms with van der Waals surface area (Å²) >= 11 is 0. The van der Waals surface area contributed by atoms with Gasteiger partial charge in [-0.2, -0.15) is 0 Å². The van der Waals surface area contributed by atoms with Crippen molar-refractivity contribution in [2.24, 2.45) is 5.92 Å². The molecule has 27 heavy (non-hydrogen) atoms. The van der Waals surface area contributed by atoms with Gasteiger partial charge < -0.3 is 14.9 Å². The Kier molecular flexibility index (Phi) is 6.86. The van der Waals surface area contributed by atoms with Crippen molar-refractivity contribution < 1.29 is 24.4 Å². The minimum Gasteiger partial charge on any atom is -0.481 e. The smallest absolute Gasteiger partial charge is 0.306 e. The summed E-state index contributed by atoms with van der Waals surface area (Å²) in [4.78, 5) is 48.7. The molecule has 1 aliphatic heterocycles. The maximum absolute atomic E-state index is 12.3. The summed E-state index contributed by atoms with van der Waals surface area (Å²) in [6.45, 7) is 0.697. The average Bonchev–Trinajstić information content (AvgIpc) is 2.66. The highest BCUT2D eigenvalue weighted by atomic mass is 16.6. The number of aliphatic carboxylic acids is 1. The van der Waals surface area contributed by atoms with Crippen LogP contribution in [0.3, 0.4) is 0 Å². The molecule has 0 bridgehead atoms. The van der Waals surface area contributed by atoms with Gasteiger partial charge in [0.1, 0.15) is 0 Å². The Morgan fingerprint density at radius 1 is 1.30 bits per heavy atom. The third-order valence-electron chi connectivity index (χ3n) is 4.74. The lowest BCUT2D eigenvalue weighted by atomic mass is 9.97. The molecule has 1 aromatic carbocycles. The first kappa shape index (κ1) is 20.3. The predicted octanol–water partition coefficient (Wildman–Crippen LogP) is 1.31. The van der Waals surface area contributed by atoms with Gasteiger partial charge in [-0.25, -0.2) is 0 Å². The number of carbonyl (C=O) groups excluding carboxylic acids is 2. The topological polar surface area (TPSA) is 121 Å². The van der Waals surface area contributed by atoms with Crippen molar-refractivity contribution in [3.63, 3.8) is 0 Å². The van der Waals surface area contributed by atoms with Gasteiger partial charge in [0.2, 0.25) is 11.8 Å². The Morgan fingerprint density at radius 3 is 2.56 bits per heavy atom.